The molecule has 0 heterocycles. The molecule has 0 rings (SSSR count). The van der Waals surface area contributed by atoms with E-state index in [-0.39, 0.29) is 0 Å². The first-order valence-corrected chi connectivity index (χ1v) is 6.35. The summed E-state index contributed by atoms with van der Waals surface area (Å²) in [6.45, 7) is 5.73. The van der Waals surface area contributed by atoms with Gasteiger partial charge in [0.2, 0.25) is 0 Å². The van der Waals surface area contributed by atoms with Gasteiger partial charge in [-0.3, -0.25) is 0 Å². The Morgan fingerprint density at radius 3 is 2.44 bits per heavy atom. The lowest BCUT2D eigenvalue weighted by Crippen LogP contribution is -2.16. The predicted octanol–water partition coefficient (Wildman–Crippen LogP) is 2.97. The third kappa shape index (κ3) is 8.48. The van der Waals surface area contributed by atoms with E-state index in [1.54, 1.807) is 6.08 Å². The zero-order chi connectivity index (χ0) is 12.2. The number of aliphatic carboxylic acids is 1. The summed E-state index contributed by atoms with van der Waals surface area (Å²) in [6, 6.07) is 0. The van der Waals surface area contributed by atoms with E-state index < -0.39 is 5.97 Å². The van der Waals surface area contributed by atoms with E-state index in [9.17, 15) is 4.79 Å². The van der Waals surface area contributed by atoms with Crippen LogP contribution in [0.15, 0.2) is 11.6 Å². The first-order chi connectivity index (χ1) is 7.72. The van der Waals surface area contributed by atoms with E-state index in [4.69, 9.17) is 5.11 Å². The monoisotopic (exact) mass is 227 g/mol. The summed E-state index contributed by atoms with van der Waals surface area (Å²) >= 11 is 0. The summed E-state index contributed by atoms with van der Waals surface area (Å²) in [6.07, 6.45) is 8.71. The largest absolute Gasteiger partial charge is 0.478 e. The quantitative estimate of drug-likeness (QED) is 0.445. The molecular weight excluding hydrogens is 202 g/mol. The molecule has 3 nitrogen and oxygen atoms in total. The highest BCUT2D eigenvalue weighted by Crippen LogP contribution is 2.01. The summed E-state index contributed by atoms with van der Waals surface area (Å²) in [5.74, 6) is -0.799. The molecule has 3 heteroatoms. The number of nitrogens with one attached hydrogen (secondary N) is 1. The number of unbranched alkanes of at least 4 members (excludes halogenated alkanes) is 4. The van der Waals surface area contributed by atoms with Crippen molar-refractivity contribution in [1.29, 1.82) is 0 Å². The number of hydrogen-bond donors (Lipinski definition) is 2. The van der Waals surface area contributed by atoms with Crippen molar-refractivity contribution in [3.63, 3.8) is 0 Å². The van der Waals surface area contributed by atoms with Crippen molar-refractivity contribution in [2.24, 2.45) is 0 Å². The molecule has 0 unspecified atom stereocenters. The van der Waals surface area contributed by atoms with Gasteiger partial charge in [0.05, 0.1) is 0 Å². The smallest absolute Gasteiger partial charge is 0.331 e. The summed E-state index contributed by atoms with van der Waals surface area (Å²) < 4.78 is 0. The number of hydrogen-bond acceptors (Lipinski definition) is 2. The number of carboxylic acid groups (broad SMARTS) is 1. The average molecular weight is 227 g/mol. The third-order valence-electron chi connectivity index (χ3n) is 2.61. The van der Waals surface area contributed by atoms with Crippen LogP contribution in [0, 0.1) is 0 Å². The molecule has 0 aromatic carbocycles. The summed E-state index contributed by atoms with van der Waals surface area (Å²) in [4.78, 5) is 10.7. The van der Waals surface area contributed by atoms with Crippen molar-refractivity contribution < 1.29 is 9.90 Å². The van der Waals surface area contributed by atoms with Crippen LogP contribution in [-0.4, -0.2) is 24.2 Å². The maximum absolute atomic E-state index is 10.7. The molecule has 0 amide bonds. The van der Waals surface area contributed by atoms with Crippen LogP contribution in [0.3, 0.4) is 0 Å². The van der Waals surface area contributed by atoms with E-state index in [0.717, 1.165) is 6.54 Å². The van der Waals surface area contributed by atoms with Crippen LogP contribution in [-0.2, 0) is 4.79 Å². The molecule has 2 N–H and O–H groups in total. The molecule has 0 aromatic heterocycles. The van der Waals surface area contributed by atoms with E-state index in [2.05, 4.69) is 12.2 Å². The van der Waals surface area contributed by atoms with Gasteiger partial charge in [0.15, 0.2) is 0 Å². The second-order valence-corrected chi connectivity index (χ2v) is 4.01. The van der Waals surface area contributed by atoms with Crippen LogP contribution < -0.4 is 5.32 Å². The Balaban J connectivity index is 3.41. The predicted molar refractivity (Wildman–Crippen MR) is 67.6 cm³/mol. The van der Waals surface area contributed by atoms with E-state index in [1.807, 2.05) is 6.92 Å². The van der Waals surface area contributed by atoms with Crippen LogP contribution in [0.4, 0.5) is 0 Å². The topological polar surface area (TPSA) is 49.3 Å². The molecule has 0 aliphatic carbocycles. The van der Waals surface area contributed by atoms with Gasteiger partial charge in [-0.25, -0.2) is 4.79 Å². The molecule has 0 fully saturated rings. The summed E-state index contributed by atoms with van der Waals surface area (Å²) in [7, 11) is 0. The van der Waals surface area contributed by atoms with E-state index >= 15 is 0 Å². The van der Waals surface area contributed by atoms with Crippen molar-refractivity contribution in [2.45, 2.75) is 52.4 Å². The lowest BCUT2D eigenvalue weighted by Gasteiger charge is -2.02. The van der Waals surface area contributed by atoms with Crippen molar-refractivity contribution in [2.75, 3.05) is 13.1 Å². The lowest BCUT2D eigenvalue weighted by atomic mass is 10.1. The van der Waals surface area contributed by atoms with E-state index in [0.29, 0.717) is 18.5 Å². The third-order valence-corrected chi connectivity index (χ3v) is 2.61. The first kappa shape index (κ1) is 15.2. The molecule has 0 radical (unpaired) electrons. The Morgan fingerprint density at radius 2 is 1.88 bits per heavy atom. The molecule has 0 aromatic rings. The van der Waals surface area contributed by atoms with Crippen LogP contribution in [0.25, 0.3) is 0 Å². The van der Waals surface area contributed by atoms with Gasteiger partial charge < -0.3 is 10.4 Å². The van der Waals surface area contributed by atoms with Gasteiger partial charge in [0, 0.05) is 12.1 Å². The first-order valence-electron chi connectivity index (χ1n) is 6.35. The van der Waals surface area contributed by atoms with Crippen LogP contribution in [0.5, 0.6) is 0 Å². The van der Waals surface area contributed by atoms with Crippen LogP contribution >= 0.6 is 0 Å². The fraction of sp³-hybridized carbons (Fsp3) is 0.769. The Kier molecular flexibility index (Phi) is 10.1. The number of rotatable bonds is 10. The van der Waals surface area contributed by atoms with Gasteiger partial charge in [-0.05, 0) is 19.4 Å². The van der Waals surface area contributed by atoms with Gasteiger partial charge in [-0.2, -0.15) is 0 Å². The molecule has 0 saturated heterocycles. The minimum Gasteiger partial charge on any atom is -0.478 e. The van der Waals surface area contributed by atoms with Crippen molar-refractivity contribution in [3.05, 3.63) is 11.6 Å². The van der Waals surface area contributed by atoms with Gasteiger partial charge in [0.1, 0.15) is 0 Å². The lowest BCUT2D eigenvalue weighted by molar-refractivity contribution is -0.132. The Labute approximate surface area is 98.9 Å². The van der Waals surface area contributed by atoms with Gasteiger partial charge in [-0.1, -0.05) is 45.6 Å². The normalized spacial score (nSPS) is 11.8. The minimum absolute atomic E-state index is 0.499. The molecule has 0 aliphatic rings. The molecule has 94 valence electrons. The Morgan fingerprint density at radius 1 is 1.19 bits per heavy atom. The molecule has 0 bridgehead atoms. The Hall–Kier alpha value is -0.830. The standard InChI is InChI=1S/C13H25NO2/c1-3-5-6-7-8-10-14-11-9-12(4-2)13(15)16/h9,14H,3-8,10-11H2,1-2H3,(H,15,16). The molecular formula is C13H25NO2. The zero-order valence-corrected chi connectivity index (χ0v) is 10.6. The van der Waals surface area contributed by atoms with Gasteiger partial charge in [0.25, 0.3) is 0 Å². The maximum atomic E-state index is 10.7. The molecule has 0 atom stereocenters. The van der Waals surface area contributed by atoms with Crippen LogP contribution in [0.2, 0.25) is 0 Å². The maximum Gasteiger partial charge on any atom is 0.331 e. The average Bonchev–Trinajstić information content (AvgIpc) is 2.26. The highest BCUT2D eigenvalue weighted by atomic mass is 16.4. The fourth-order valence-corrected chi connectivity index (χ4v) is 1.53. The highest BCUT2D eigenvalue weighted by Gasteiger charge is 2.01. The molecule has 0 aliphatic heterocycles. The molecule has 0 spiro atoms. The van der Waals surface area contributed by atoms with E-state index in [1.165, 1.54) is 32.1 Å². The molecule has 16 heavy (non-hydrogen) atoms. The minimum atomic E-state index is -0.799. The van der Waals surface area contributed by atoms with Crippen LogP contribution in [0.1, 0.15) is 52.4 Å². The Bertz CT molecular complexity index is 212. The zero-order valence-electron chi connectivity index (χ0n) is 10.6. The molecule has 0 saturated carbocycles. The van der Waals surface area contributed by atoms with Crippen molar-refractivity contribution >= 4 is 5.97 Å². The van der Waals surface area contributed by atoms with Crippen molar-refractivity contribution in [1.82, 2.24) is 5.32 Å². The second kappa shape index (κ2) is 10.7. The van der Waals surface area contributed by atoms with Crippen molar-refractivity contribution in [3.8, 4) is 0 Å². The highest BCUT2D eigenvalue weighted by molar-refractivity contribution is 5.86. The SMILES string of the molecule is CCCCCCCNCC=C(CC)C(=O)O. The van der Waals surface area contributed by atoms with Gasteiger partial charge >= 0.3 is 5.97 Å². The number of carboxylic acids is 1. The summed E-state index contributed by atoms with van der Waals surface area (Å²) in [5, 5.41) is 12.0. The van der Waals surface area contributed by atoms with Gasteiger partial charge in [-0.15, -0.1) is 0 Å². The summed E-state index contributed by atoms with van der Waals surface area (Å²) in [5.41, 5.74) is 0.499. The second-order valence-electron chi connectivity index (χ2n) is 4.01. The number of carbonyl (C=O) groups is 1. The fourth-order valence-electron chi connectivity index (χ4n) is 1.53.